The van der Waals surface area contributed by atoms with Crippen molar-refractivity contribution in [1.82, 2.24) is 9.88 Å². The van der Waals surface area contributed by atoms with Gasteiger partial charge in [0.05, 0.1) is 6.10 Å². The van der Waals surface area contributed by atoms with E-state index in [1.165, 1.54) is 19.3 Å². The number of pyridine rings is 1. The third-order valence-electron chi connectivity index (χ3n) is 5.83. The zero-order valence-corrected chi connectivity index (χ0v) is 15.6. The highest BCUT2D eigenvalue weighted by molar-refractivity contribution is 5.77. The number of likely N-dealkylation sites (N-methyl/N-ethyl adjacent to an activating group) is 1. The van der Waals surface area contributed by atoms with Gasteiger partial charge >= 0.3 is 0 Å². The highest BCUT2D eigenvalue weighted by Gasteiger charge is 2.27. The molecular formula is C20H31N3O2. The summed E-state index contributed by atoms with van der Waals surface area (Å²) >= 11 is 0. The molecule has 2 aliphatic rings. The first kappa shape index (κ1) is 18.2. The number of aromatic nitrogens is 1. The molecule has 0 aromatic carbocycles. The second kappa shape index (κ2) is 8.65. The van der Waals surface area contributed by atoms with Crippen molar-refractivity contribution in [1.29, 1.82) is 0 Å². The molecule has 0 radical (unpaired) electrons. The Morgan fingerprint density at radius 2 is 2.00 bits per heavy atom. The number of amides is 1. The predicted molar refractivity (Wildman–Crippen MR) is 99.6 cm³/mol. The van der Waals surface area contributed by atoms with Gasteiger partial charge in [0.1, 0.15) is 12.4 Å². The summed E-state index contributed by atoms with van der Waals surface area (Å²) in [5, 5.41) is 0. The minimum absolute atomic E-state index is 0.119. The molecule has 5 nitrogen and oxygen atoms in total. The summed E-state index contributed by atoms with van der Waals surface area (Å²) in [7, 11) is 1.93. The Hall–Kier alpha value is -1.62. The SMILES string of the molecule is C[C@@H]1CCCC[C@H]1OCC(=O)N(C)C1CCN(c2ccccn2)CC1. The molecule has 138 valence electrons. The number of nitrogens with zero attached hydrogens (tertiary/aromatic N) is 3. The van der Waals surface area contributed by atoms with Crippen LogP contribution in [0.3, 0.4) is 0 Å². The van der Waals surface area contributed by atoms with Crippen molar-refractivity contribution < 1.29 is 9.53 Å². The lowest BCUT2D eigenvalue weighted by atomic mass is 9.88. The van der Waals surface area contributed by atoms with Crippen LogP contribution in [0.4, 0.5) is 5.82 Å². The van der Waals surface area contributed by atoms with E-state index in [9.17, 15) is 4.79 Å². The molecule has 1 aliphatic carbocycles. The van der Waals surface area contributed by atoms with Crippen LogP contribution in [0.1, 0.15) is 45.4 Å². The van der Waals surface area contributed by atoms with Crippen LogP contribution in [0.5, 0.6) is 0 Å². The van der Waals surface area contributed by atoms with Gasteiger partial charge in [0, 0.05) is 32.4 Å². The molecule has 3 rings (SSSR count). The molecule has 2 heterocycles. The molecule has 1 amide bonds. The molecule has 2 fully saturated rings. The van der Waals surface area contributed by atoms with Crippen molar-refractivity contribution in [2.24, 2.45) is 5.92 Å². The summed E-state index contributed by atoms with van der Waals surface area (Å²) < 4.78 is 5.95. The van der Waals surface area contributed by atoms with Crippen LogP contribution < -0.4 is 4.90 Å². The quantitative estimate of drug-likeness (QED) is 0.823. The van der Waals surface area contributed by atoms with E-state index in [0.717, 1.165) is 38.2 Å². The van der Waals surface area contributed by atoms with Crippen molar-refractivity contribution in [3.63, 3.8) is 0 Å². The van der Waals surface area contributed by atoms with E-state index in [1.807, 2.05) is 36.3 Å². The average Bonchev–Trinajstić information content (AvgIpc) is 2.67. The van der Waals surface area contributed by atoms with Gasteiger partial charge in [0.15, 0.2) is 0 Å². The minimum atomic E-state index is 0.119. The Kier molecular flexibility index (Phi) is 6.29. The molecule has 1 saturated heterocycles. The van der Waals surface area contributed by atoms with E-state index in [0.29, 0.717) is 12.0 Å². The van der Waals surface area contributed by atoms with Crippen LogP contribution in [0.25, 0.3) is 0 Å². The van der Waals surface area contributed by atoms with Gasteiger partial charge in [-0.15, -0.1) is 0 Å². The van der Waals surface area contributed by atoms with E-state index in [1.54, 1.807) is 0 Å². The fourth-order valence-corrected chi connectivity index (χ4v) is 4.04. The molecule has 0 N–H and O–H groups in total. The number of hydrogen-bond acceptors (Lipinski definition) is 4. The number of piperidine rings is 1. The minimum Gasteiger partial charge on any atom is -0.368 e. The maximum atomic E-state index is 12.5. The molecular weight excluding hydrogens is 314 g/mol. The predicted octanol–water partition coefficient (Wildman–Crippen LogP) is 3.10. The first-order valence-corrected chi connectivity index (χ1v) is 9.68. The van der Waals surface area contributed by atoms with Gasteiger partial charge in [-0.2, -0.15) is 0 Å². The first-order chi connectivity index (χ1) is 12.1. The number of ether oxygens (including phenoxy) is 1. The van der Waals surface area contributed by atoms with Crippen molar-refractivity contribution in [3.05, 3.63) is 24.4 Å². The fraction of sp³-hybridized carbons (Fsp3) is 0.700. The summed E-state index contributed by atoms with van der Waals surface area (Å²) in [5.74, 6) is 1.73. The number of anilines is 1. The number of carbonyl (C=O) groups is 1. The van der Waals surface area contributed by atoms with Gasteiger partial charge in [-0.05, 0) is 43.7 Å². The van der Waals surface area contributed by atoms with Crippen molar-refractivity contribution in [2.75, 3.05) is 31.6 Å². The second-order valence-electron chi connectivity index (χ2n) is 7.52. The van der Waals surface area contributed by atoms with Gasteiger partial charge in [-0.25, -0.2) is 4.98 Å². The number of rotatable bonds is 5. The van der Waals surface area contributed by atoms with Crippen molar-refractivity contribution in [3.8, 4) is 0 Å². The van der Waals surface area contributed by atoms with Crippen LogP contribution in [-0.2, 0) is 9.53 Å². The van der Waals surface area contributed by atoms with Gasteiger partial charge in [-0.3, -0.25) is 4.79 Å². The molecule has 0 bridgehead atoms. The molecule has 1 aromatic heterocycles. The Labute approximate surface area is 151 Å². The molecule has 1 aromatic rings. The largest absolute Gasteiger partial charge is 0.368 e. The smallest absolute Gasteiger partial charge is 0.248 e. The standard InChI is InChI=1S/C20H31N3O2/c1-16-7-3-4-8-18(16)25-15-20(24)22(2)17-10-13-23(14-11-17)19-9-5-6-12-21-19/h5-6,9,12,16-18H,3-4,7-8,10-11,13-15H2,1-2H3/t16-,18-/m1/s1. The van der Waals surface area contributed by atoms with Gasteiger partial charge in [0.25, 0.3) is 0 Å². The Bertz CT molecular complexity index is 543. The monoisotopic (exact) mass is 345 g/mol. The van der Waals surface area contributed by atoms with Crippen LogP contribution >= 0.6 is 0 Å². The zero-order valence-electron chi connectivity index (χ0n) is 15.6. The van der Waals surface area contributed by atoms with Gasteiger partial charge in [-0.1, -0.05) is 25.8 Å². The van der Waals surface area contributed by atoms with Crippen molar-refractivity contribution >= 4 is 11.7 Å². The summed E-state index contributed by atoms with van der Waals surface area (Å²) in [6, 6.07) is 6.32. The van der Waals surface area contributed by atoms with Gasteiger partial charge < -0.3 is 14.5 Å². The third kappa shape index (κ3) is 4.72. The summed E-state index contributed by atoms with van der Waals surface area (Å²) in [4.78, 5) is 21.1. The van der Waals surface area contributed by atoms with Crippen LogP contribution in [0.2, 0.25) is 0 Å². The fourth-order valence-electron chi connectivity index (χ4n) is 4.04. The van der Waals surface area contributed by atoms with Crippen LogP contribution in [0.15, 0.2) is 24.4 Å². The van der Waals surface area contributed by atoms with Crippen LogP contribution in [-0.4, -0.2) is 54.7 Å². The Morgan fingerprint density at radius 1 is 1.24 bits per heavy atom. The van der Waals surface area contributed by atoms with Gasteiger partial charge in [0.2, 0.25) is 5.91 Å². The topological polar surface area (TPSA) is 45.7 Å². The molecule has 0 unspecified atom stereocenters. The van der Waals surface area contributed by atoms with E-state index in [4.69, 9.17) is 4.74 Å². The van der Waals surface area contributed by atoms with Crippen molar-refractivity contribution in [2.45, 2.75) is 57.6 Å². The summed E-state index contributed by atoms with van der Waals surface area (Å²) in [6.07, 6.45) is 8.91. The molecule has 1 saturated carbocycles. The highest BCUT2D eigenvalue weighted by Crippen LogP contribution is 2.26. The van der Waals surface area contributed by atoms with E-state index in [-0.39, 0.29) is 18.6 Å². The zero-order chi connectivity index (χ0) is 17.6. The van der Waals surface area contributed by atoms with E-state index >= 15 is 0 Å². The lowest BCUT2D eigenvalue weighted by molar-refractivity contribution is -0.141. The molecule has 1 aliphatic heterocycles. The lowest BCUT2D eigenvalue weighted by Gasteiger charge is -2.37. The first-order valence-electron chi connectivity index (χ1n) is 9.68. The summed E-state index contributed by atoms with van der Waals surface area (Å²) in [5.41, 5.74) is 0. The normalized spacial score (nSPS) is 25.0. The summed E-state index contributed by atoms with van der Waals surface area (Å²) in [6.45, 7) is 4.36. The Morgan fingerprint density at radius 3 is 2.68 bits per heavy atom. The molecule has 2 atom stereocenters. The van der Waals surface area contributed by atoms with E-state index in [2.05, 4.69) is 16.8 Å². The Balaban J connectivity index is 1.43. The number of hydrogen-bond donors (Lipinski definition) is 0. The second-order valence-corrected chi connectivity index (χ2v) is 7.52. The average molecular weight is 345 g/mol. The lowest BCUT2D eigenvalue weighted by Crippen LogP contribution is -2.47. The number of carbonyl (C=O) groups excluding carboxylic acids is 1. The van der Waals surface area contributed by atoms with E-state index < -0.39 is 0 Å². The molecule has 5 heteroatoms. The third-order valence-corrected chi connectivity index (χ3v) is 5.83. The maximum Gasteiger partial charge on any atom is 0.248 e. The maximum absolute atomic E-state index is 12.5. The van der Waals surface area contributed by atoms with Crippen LogP contribution in [0, 0.1) is 5.92 Å². The molecule has 25 heavy (non-hydrogen) atoms. The highest BCUT2D eigenvalue weighted by atomic mass is 16.5. The molecule has 0 spiro atoms.